The van der Waals surface area contributed by atoms with Crippen LogP contribution in [0.5, 0.6) is 5.75 Å². The maximum Gasteiger partial charge on any atom is 0.173 e. The molecule has 1 N–H and O–H groups in total. The summed E-state index contributed by atoms with van der Waals surface area (Å²) in [6.45, 7) is 1.83. The lowest BCUT2D eigenvalue weighted by Crippen LogP contribution is -3.00. The lowest BCUT2D eigenvalue weighted by atomic mass is 9.96. The third kappa shape index (κ3) is 3.87. The van der Waals surface area contributed by atoms with Crippen LogP contribution in [0, 0.1) is 0 Å². The van der Waals surface area contributed by atoms with Crippen LogP contribution < -0.4 is 12.4 Å². The van der Waals surface area contributed by atoms with E-state index in [4.69, 9.17) is 0 Å². The van der Waals surface area contributed by atoms with Gasteiger partial charge in [0.1, 0.15) is 5.75 Å². The predicted octanol–water partition coefficient (Wildman–Crippen LogP) is 0.645. The molecule has 1 saturated carbocycles. The maximum atomic E-state index is 9.78. The van der Waals surface area contributed by atoms with Crippen LogP contribution >= 0.6 is 0 Å². The van der Waals surface area contributed by atoms with Crippen LogP contribution in [0.15, 0.2) is 48.5 Å². The molecule has 0 amide bonds. The summed E-state index contributed by atoms with van der Waals surface area (Å²) in [4.78, 5) is 2.46. The second-order valence-corrected chi connectivity index (χ2v) is 7.90. The van der Waals surface area contributed by atoms with E-state index in [9.17, 15) is 5.11 Å². The van der Waals surface area contributed by atoms with Crippen molar-refractivity contribution >= 4 is 0 Å². The van der Waals surface area contributed by atoms with Gasteiger partial charge in [-0.1, -0.05) is 49.2 Å². The second-order valence-electron chi connectivity index (χ2n) is 7.90. The molecule has 0 bridgehead atoms. The van der Waals surface area contributed by atoms with Crippen molar-refractivity contribution in [3.05, 3.63) is 71.0 Å². The highest BCUT2D eigenvalue weighted by atomic mass is 35.5. The van der Waals surface area contributed by atoms with Crippen molar-refractivity contribution < 1.29 is 17.5 Å². The van der Waals surface area contributed by atoms with E-state index in [-0.39, 0.29) is 24.2 Å². The molecule has 5 rings (SSSR count). The van der Waals surface area contributed by atoms with E-state index in [1.54, 1.807) is 12.1 Å². The second kappa shape index (κ2) is 8.51. The van der Waals surface area contributed by atoms with Gasteiger partial charge in [-0.2, -0.15) is 0 Å². The first-order chi connectivity index (χ1) is 13.8. The van der Waals surface area contributed by atoms with E-state index < -0.39 is 0 Å². The first-order valence-electron chi connectivity index (χ1n) is 10.2. The Morgan fingerprint density at radius 1 is 0.966 bits per heavy atom. The van der Waals surface area contributed by atoms with Crippen molar-refractivity contribution in [1.29, 1.82) is 0 Å². The number of hydrogen-bond donors (Lipinski definition) is 1. The number of fused-ring (bicyclic) bond motifs is 1. The van der Waals surface area contributed by atoms with Crippen LogP contribution in [0.2, 0.25) is 0 Å². The van der Waals surface area contributed by atoms with Crippen LogP contribution in [0.4, 0.5) is 0 Å². The molecule has 1 fully saturated rings. The van der Waals surface area contributed by atoms with E-state index in [0.717, 1.165) is 43.7 Å². The molecule has 2 aromatic carbocycles. The standard InChI is InChI=1S/C22H25N5O.ClH/c28-20-11-9-17(10-12-20)21(22-23-24-25-27(22)19-7-3-4-8-19)26-14-13-16-5-1-2-6-18(16)15-26;/h1-2,5-6,9-12,19,21,28H,3-4,7-8,13-15H2;1H/p-1. The molecule has 2 heterocycles. The smallest absolute Gasteiger partial charge is 0.173 e. The molecule has 0 spiro atoms. The topological polar surface area (TPSA) is 67.1 Å². The molecule has 1 aliphatic carbocycles. The van der Waals surface area contributed by atoms with Crippen molar-refractivity contribution in [3.8, 4) is 5.75 Å². The van der Waals surface area contributed by atoms with Gasteiger partial charge in [-0.3, -0.25) is 4.90 Å². The third-order valence-electron chi connectivity index (χ3n) is 6.17. The van der Waals surface area contributed by atoms with Crippen molar-refractivity contribution in [3.63, 3.8) is 0 Å². The first-order valence-corrected chi connectivity index (χ1v) is 10.2. The van der Waals surface area contributed by atoms with Gasteiger partial charge in [0.15, 0.2) is 5.82 Å². The number of aromatic nitrogens is 4. The number of nitrogens with zero attached hydrogens (tertiary/aromatic N) is 5. The Kier molecular flexibility index (Phi) is 5.83. The van der Waals surface area contributed by atoms with Crippen molar-refractivity contribution in [1.82, 2.24) is 25.1 Å². The molecule has 29 heavy (non-hydrogen) atoms. The summed E-state index contributed by atoms with van der Waals surface area (Å²) >= 11 is 0. The van der Waals surface area contributed by atoms with Crippen molar-refractivity contribution in [2.75, 3.05) is 6.54 Å². The highest BCUT2D eigenvalue weighted by molar-refractivity contribution is 5.34. The van der Waals surface area contributed by atoms with Gasteiger partial charge in [0.2, 0.25) is 0 Å². The minimum Gasteiger partial charge on any atom is -1.00 e. The number of phenolic OH excluding ortho intramolecular Hbond substituents is 1. The molecule has 0 radical (unpaired) electrons. The van der Waals surface area contributed by atoms with E-state index in [1.165, 1.54) is 24.0 Å². The predicted molar refractivity (Wildman–Crippen MR) is 106 cm³/mol. The van der Waals surface area contributed by atoms with Crippen LogP contribution in [-0.2, 0) is 13.0 Å². The van der Waals surface area contributed by atoms with E-state index >= 15 is 0 Å². The minimum absolute atomic E-state index is 0. The highest BCUT2D eigenvalue weighted by Crippen LogP contribution is 2.36. The van der Waals surface area contributed by atoms with Gasteiger partial charge < -0.3 is 17.5 Å². The molecule has 1 aliphatic heterocycles. The summed E-state index contributed by atoms with van der Waals surface area (Å²) in [5, 5.41) is 22.7. The number of aromatic hydroxyl groups is 1. The van der Waals surface area contributed by atoms with E-state index in [0.29, 0.717) is 6.04 Å². The van der Waals surface area contributed by atoms with Gasteiger partial charge >= 0.3 is 0 Å². The number of phenols is 1. The number of benzene rings is 2. The average molecular weight is 411 g/mol. The summed E-state index contributed by atoms with van der Waals surface area (Å²) < 4.78 is 2.06. The highest BCUT2D eigenvalue weighted by Gasteiger charge is 2.32. The monoisotopic (exact) mass is 410 g/mol. The lowest BCUT2D eigenvalue weighted by molar-refractivity contribution is -0.00000689. The quantitative estimate of drug-likeness (QED) is 0.684. The summed E-state index contributed by atoms with van der Waals surface area (Å²) in [6.07, 6.45) is 5.79. The molecule has 7 heteroatoms. The van der Waals surface area contributed by atoms with Crippen LogP contribution in [0.25, 0.3) is 0 Å². The number of rotatable bonds is 4. The van der Waals surface area contributed by atoms with Crippen LogP contribution in [-0.4, -0.2) is 36.8 Å². The Labute approximate surface area is 177 Å². The zero-order chi connectivity index (χ0) is 18.9. The van der Waals surface area contributed by atoms with Gasteiger partial charge in [0.05, 0.1) is 12.1 Å². The Morgan fingerprint density at radius 2 is 1.69 bits per heavy atom. The summed E-state index contributed by atoms with van der Waals surface area (Å²) in [5.74, 6) is 1.19. The fraction of sp³-hybridized carbons (Fsp3) is 0.409. The normalized spacial score (nSPS) is 18.2. The Hall–Kier alpha value is -2.44. The van der Waals surface area contributed by atoms with Gasteiger partial charge in [-0.15, -0.1) is 5.10 Å². The molecule has 0 saturated heterocycles. The fourth-order valence-electron chi connectivity index (χ4n) is 4.71. The molecule has 3 aromatic rings. The molecule has 1 aromatic heterocycles. The molecule has 1 atom stereocenters. The number of hydrogen-bond acceptors (Lipinski definition) is 5. The summed E-state index contributed by atoms with van der Waals surface area (Å²) in [6, 6.07) is 16.5. The first kappa shape index (κ1) is 19.9. The Morgan fingerprint density at radius 3 is 2.45 bits per heavy atom. The largest absolute Gasteiger partial charge is 1.00 e. The van der Waals surface area contributed by atoms with Crippen LogP contribution in [0.1, 0.15) is 60.3 Å². The van der Waals surface area contributed by atoms with Crippen LogP contribution in [0.3, 0.4) is 0 Å². The SMILES string of the molecule is Oc1ccc(C(c2nnnn2C2CCCC2)N2CCc3ccccc3C2)cc1.[Cl-]. The van der Waals surface area contributed by atoms with Gasteiger partial charge in [0, 0.05) is 13.1 Å². The zero-order valence-electron chi connectivity index (χ0n) is 16.3. The zero-order valence-corrected chi connectivity index (χ0v) is 17.0. The number of tetrazole rings is 1. The Balaban J connectivity index is 0.00000205. The molecular weight excluding hydrogens is 386 g/mol. The van der Waals surface area contributed by atoms with Crippen molar-refractivity contribution in [2.45, 2.75) is 50.7 Å². The van der Waals surface area contributed by atoms with E-state index in [1.807, 2.05) is 12.1 Å². The lowest BCUT2D eigenvalue weighted by Gasteiger charge is -2.35. The number of halogens is 1. The third-order valence-corrected chi connectivity index (χ3v) is 6.17. The van der Waals surface area contributed by atoms with Gasteiger partial charge in [0.25, 0.3) is 0 Å². The maximum absolute atomic E-state index is 9.78. The molecule has 152 valence electrons. The molecular formula is C22H25ClN5O-. The molecule has 2 aliphatic rings. The Bertz CT molecular complexity index is 952. The summed E-state index contributed by atoms with van der Waals surface area (Å²) in [7, 11) is 0. The van der Waals surface area contributed by atoms with Gasteiger partial charge in [-0.25, -0.2) is 4.68 Å². The minimum atomic E-state index is -0.0236. The fourth-order valence-corrected chi connectivity index (χ4v) is 4.71. The van der Waals surface area contributed by atoms with Gasteiger partial charge in [-0.05, 0) is 58.5 Å². The average Bonchev–Trinajstić information content (AvgIpc) is 3.41. The van der Waals surface area contributed by atoms with E-state index in [2.05, 4.69) is 49.4 Å². The van der Waals surface area contributed by atoms with Crippen molar-refractivity contribution in [2.24, 2.45) is 0 Å². The molecule has 6 nitrogen and oxygen atoms in total. The summed E-state index contributed by atoms with van der Waals surface area (Å²) in [5.41, 5.74) is 3.92. The molecule has 1 unspecified atom stereocenters.